The van der Waals surface area contributed by atoms with Crippen molar-refractivity contribution in [1.29, 1.82) is 0 Å². The molecule has 3 rings (SSSR count). The van der Waals surface area contributed by atoms with Crippen LogP contribution in [0.25, 0.3) is 0 Å². The van der Waals surface area contributed by atoms with Crippen LogP contribution in [0.5, 0.6) is 23.0 Å². The quantitative estimate of drug-likeness (QED) is 0.0775. The monoisotopic (exact) mass is 660 g/mol. The number of carbonyl (C=O) groups excluding carboxylic acids is 2. The number of aryl methyl sites for hydroxylation is 1. The SMILES string of the molecule is C[n+]1ccn(C(=O)Oc2ccc(O)c(C=NC(CCCCNC(=O)OC(C)(C)C)CN=Cc3cc(OP(=O)(O)O)ccc3O)c2)c1. The van der Waals surface area contributed by atoms with Crippen LogP contribution in [0, 0.1) is 0 Å². The summed E-state index contributed by atoms with van der Waals surface area (Å²) in [5.41, 5.74) is -0.151. The molecule has 2 aromatic carbocycles. The molecule has 0 saturated heterocycles. The summed E-state index contributed by atoms with van der Waals surface area (Å²) in [5, 5.41) is 23.3. The van der Waals surface area contributed by atoms with E-state index in [0.717, 1.165) is 0 Å². The number of carbonyl (C=O) groups is 2. The molecule has 0 aliphatic heterocycles. The Kier molecular flexibility index (Phi) is 12.5. The number of nitrogens with zero attached hydrogens (tertiary/aromatic N) is 4. The molecule has 5 N–H and O–H groups in total. The fourth-order valence-electron chi connectivity index (χ4n) is 3.92. The van der Waals surface area contributed by atoms with Crippen molar-refractivity contribution in [1.82, 2.24) is 9.88 Å². The van der Waals surface area contributed by atoms with Gasteiger partial charge in [0.15, 0.2) is 0 Å². The minimum absolute atomic E-state index is 0.0912. The Morgan fingerprint density at radius 2 is 1.70 bits per heavy atom. The number of hydrogen-bond acceptors (Lipinski definition) is 10. The van der Waals surface area contributed by atoms with Crippen molar-refractivity contribution < 1.29 is 52.7 Å². The summed E-state index contributed by atoms with van der Waals surface area (Å²) < 4.78 is 29.4. The largest absolute Gasteiger partial charge is 0.524 e. The third-order valence-corrected chi connectivity index (χ3v) is 6.46. The number of aromatic nitrogens is 2. The van der Waals surface area contributed by atoms with Crippen molar-refractivity contribution in [2.45, 2.75) is 51.7 Å². The number of rotatable bonds is 13. The zero-order chi connectivity index (χ0) is 33.9. The lowest BCUT2D eigenvalue weighted by Crippen LogP contribution is -2.33. The second kappa shape index (κ2) is 16.0. The lowest BCUT2D eigenvalue weighted by molar-refractivity contribution is -0.670. The number of phosphoric acid groups is 1. The first-order valence-corrected chi connectivity index (χ1v) is 15.8. The van der Waals surface area contributed by atoms with E-state index in [0.29, 0.717) is 31.4 Å². The van der Waals surface area contributed by atoms with E-state index in [1.165, 1.54) is 53.4 Å². The van der Waals surface area contributed by atoms with Crippen molar-refractivity contribution in [2.24, 2.45) is 17.0 Å². The summed E-state index contributed by atoms with van der Waals surface area (Å²) >= 11 is 0. The molecule has 0 spiro atoms. The number of aliphatic imine (C=N–C) groups is 2. The summed E-state index contributed by atoms with van der Waals surface area (Å²) in [7, 11) is -3.04. The summed E-state index contributed by atoms with van der Waals surface area (Å²) in [6.07, 6.45) is 8.16. The molecule has 0 aliphatic rings. The molecule has 16 heteroatoms. The highest BCUT2D eigenvalue weighted by Gasteiger charge is 2.18. The van der Waals surface area contributed by atoms with Gasteiger partial charge in [-0.05, 0) is 76.4 Å². The Labute approximate surface area is 266 Å². The summed E-state index contributed by atoms with van der Waals surface area (Å²) in [6.45, 7) is 5.84. The molecule has 0 aliphatic carbocycles. The molecular weight excluding hydrogens is 621 g/mol. The molecule has 0 saturated carbocycles. The number of phosphoric ester groups is 1. The maximum Gasteiger partial charge on any atom is 0.524 e. The molecule has 1 heterocycles. The minimum Gasteiger partial charge on any atom is -0.507 e. The lowest BCUT2D eigenvalue weighted by atomic mass is 10.1. The molecule has 1 atom stereocenters. The lowest BCUT2D eigenvalue weighted by Gasteiger charge is -2.19. The normalized spacial score (nSPS) is 12.7. The predicted octanol–water partition coefficient (Wildman–Crippen LogP) is 3.84. The van der Waals surface area contributed by atoms with E-state index in [-0.39, 0.29) is 35.1 Å². The van der Waals surface area contributed by atoms with Gasteiger partial charge < -0.3 is 29.5 Å². The number of alkyl carbamates (subject to hydrolysis) is 1. The molecule has 0 radical (unpaired) electrons. The predicted molar refractivity (Wildman–Crippen MR) is 168 cm³/mol. The maximum atomic E-state index is 12.4. The molecule has 248 valence electrons. The Morgan fingerprint density at radius 1 is 1.04 bits per heavy atom. The molecule has 1 unspecified atom stereocenters. The van der Waals surface area contributed by atoms with Gasteiger partial charge in [0.05, 0.1) is 19.6 Å². The summed E-state index contributed by atoms with van der Waals surface area (Å²) in [5.74, 6) is -0.232. The minimum atomic E-state index is -4.80. The number of phenols is 2. The topological polar surface area (TPSA) is 205 Å². The van der Waals surface area contributed by atoms with Crippen LogP contribution in [0.1, 0.15) is 51.2 Å². The van der Waals surface area contributed by atoms with Crippen LogP contribution in [0.3, 0.4) is 0 Å². The fraction of sp³-hybridized carbons (Fsp3) is 0.367. The van der Waals surface area contributed by atoms with Gasteiger partial charge in [0, 0.05) is 30.1 Å². The van der Waals surface area contributed by atoms with Crippen LogP contribution in [0.15, 0.2) is 65.1 Å². The van der Waals surface area contributed by atoms with Gasteiger partial charge in [-0.2, -0.15) is 4.79 Å². The number of amides is 1. The van der Waals surface area contributed by atoms with Gasteiger partial charge in [0.25, 0.3) is 6.33 Å². The number of aromatic hydroxyl groups is 2. The number of benzene rings is 2. The third-order valence-electron chi connectivity index (χ3n) is 6.01. The molecule has 3 aromatic rings. The second-order valence-corrected chi connectivity index (χ2v) is 12.4. The van der Waals surface area contributed by atoms with Gasteiger partial charge in [-0.1, -0.05) is 0 Å². The highest BCUT2D eigenvalue weighted by Crippen LogP contribution is 2.38. The van der Waals surface area contributed by atoms with Crippen LogP contribution >= 0.6 is 7.82 Å². The standard InChI is InChI=1S/C30H38N5O10P/c1-30(2,3)44-28(38)32-12-6-5-7-23(19-31-17-21-16-25(9-11-26(21)36)45-46(40,41)42)33-18-22-15-24(8-10-27(22)37)43-29(39)35-14-13-34(4)20-35/h8-11,13-18,20,23H,5-7,12,19H2,1-4H3,(H4-,31,32,33,36,37,38,40,41,42)/p+1. The highest BCUT2D eigenvalue weighted by atomic mass is 31.2. The Hall–Kier alpha value is -4.72. The second-order valence-electron chi connectivity index (χ2n) is 11.2. The van der Waals surface area contributed by atoms with Crippen molar-refractivity contribution in [3.8, 4) is 23.0 Å². The Balaban J connectivity index is 1.72. The van der Waals surface area contributed by atoms with E-state index in [1.807, 2.05) is 0 Å². The molecule has 0 fully saturated rings. The molecular formula is C30H39N5O10P+. The average molecular weight is 661 g/mol. The van der Waals surface area contributed by atoms with E-state index in [4.69, 9.17) is 19.3 Å². The number of phenolic OH excluding ortho intramolecular Hbond substituents is 2. The first kappa shape index (κ1) is 35.8. The number of ether oxygens (including phenoxy) is 2. The van der Waals surface area contributed by atoms with Crippen LogP contribution in [-0.2, 0) is 16.3 Å². The number of hydrogen-bond donors (Lipinski definition) is 5. The van der Waals surface area contributed by atoms with E-state index < -0.39 is 31.7 Å². The van der Waals surface area contributed by atoms with Gasteiger partial charge >= 0.3 is 20.0 Å². The van der Waals surface area contributed by atoms with Crippen molar-refractivity contribution >= 4 is 32.4 Å². The Morgan fingerprint density at radius 3 is 2.33 bits per heavy atom. The Bertz CT molecular complexity index is 1610. The zero-order valence-electron chi connectivity index (χ0n) is 25.9. The third kappa shape index (κ3) is 12.7. The van der Waals surface area contributed by atoms with Crippen molar-refractivity contribution in [2.75, 3.05) is 13.1 Å². The van der Waals surface area contributed by atoms with Crippen molar-refractivity contribution in [3.05, 3.63) is 66.2 Å². The highest BCUT2D eigenvalue weighted by molar-refractivity contribution is 7.46. The average Bonchev–Trinajstić information content (AvgIpc) is 3.39. The molecule has 1 amide bonds. The summed E-state index contributed by atoms with van der Waals surface area (Å²) in [4.78, 5) is 51.4. The van der Waals surface area contributed by atoms with Crippen LogP contribution in [-0.4, -0.2) is 73.9 Å². The van der Waals surface area contributed by atoms with E-state index in [9.17, 15) is 24.4 Å². The zero-order valence-corrected chi connectivity index (χ0v) is 26.8. The molecule has 15 nitrogen and oxygen atoms in total. The van der Waals surface area contributed by atoms with E-state index in [2.05, 4.69) is 19.8 Å². The first-order valence-electron chi connectivity index (χ1n) is 14.2. The smallest absolute Gasteiger partial charge is 0.507 e. The van der Waals surface area contributed by atoms with Gasteiger partial charge in [0.1, 0.15) is 41.0 Å². The first-order chi connectivity index (χ1) is 21.6. The number of nitrogens with one attached hydrogen (secondary N) is 1. The molecule has 1 aromatic heterocycles. The van der Waals surface area contributed by atoms with Crippen LogP contribution < -0.4 is 19.1 Å². The van der Waals surface area contributed by atoms with Crippen molar-refractivity contribution in [3.63, 3.8) is 0 Å². The number of imidazole rings is 1. The van der Waals surface area contributed by atoms with Crippen LogP contribution in [0.4, 0.5) is 9.59 Å². The molecule has 0 bridgehead atoms. The van der Waals surface area contributed by atoms with Gasteiger partial charge in [-0.3, -0.25) is 19.8 Å². The van der Waals surface area contributed by atoms with E-state index >= 15 is 0 Å². The van der Waals surface area contributed by atoms with Gasteiger partial charge in [0.2, 0.25) is 0 Å². The summed E-state index contributed by atoms with van der Waals surface area (Å²) in [6, 6.07) is 7.54. The molecule has 46 heavy (non-hydrogen) atoms. The van der Waals surface area contributed by atoms with E-state index in [1.54, 1.807) is 51.1 Å². The van der Waals surface area contributed by atoms with Crippen LogP contribution in [0.2, 0.25) is 0 Å². The number of unbranched alkanes of at least 4 members (excludes halogenated alkanes) is 1. The van der Waals surface area contributed by atoms with Gasteiger partial charge in [-0.15, -0.1) is 4.57 Å². The van der Waals surface area contributed by atoms with Gasteiger partial charge in [-0.25, -0.2) is 13.9 Å². The maximum absolute atomic E-state index is 12.4. The fourth-order valence-corrected chi connectivity index (χ4v) is 4.31.